The summed E-state index contributed by atoms with van der Waals surface area (Å²) in [7, 11) is 3.31. The van der Waals surface area contributed by atoms with Crippen molar-refractivity contribution in [3.8, 4) is 0 Å². The molecule has 0 aromatic heterocycles. The minimum absolute atomic E-state index is 0.0644. The Hall–Kier alpha value is -2.31. The fourth-order valence-electron chi connectivity index (χ4n) is 1.51. The predicted molar refractivity (Wildman–Crippen MR) is 69.3 cm³/mol. The summed E-state index contributed by atoms with van der Waals surface area (Å²) in [6, 6.07) is 3.84. The summed E-state index contributed by atoms with van der Waals surface area (Å²) in [4.78, 5) is 23.1. The van der Waals surface area contributed by atoms with E-state index in [2.05, 4.69) is 5.32 Å². The van der Waals surface area contributed by atoms with Crippen LogP contribution in [-0.4, -0.2) is 35.9 Å². The number of carbonyl (C=O) groups is 1. The molecule has 1 amide bonds. The molecule has 18 heavy (non-hydrogen) atoms. The maximum absolute atomic E-state index is 11.6. The van der Waals surface area contributed by atoms with E-state index >= 15 is 0 Å². The summed E-state index contributed by atoms with van der Waals surface area (Å²) in [6.07, 6.45) is 0. The Bertz CT molecular complexity index is 473. The van der Waals surface area contributed by atoms with Gasteiger partial charge in [0.2, 0.25) is 5.91 Å². The standard InChI is InChI=1S/C11H16N4O3/c1-7(11(16)14(2)3)13-8-4-5-10(15(17)18)9(12)6-8/h4-7,13H,12H2,1-3H3. The zero-order chi connectivity index (χ0) is 13.9. The Morgan fingerprint density at radius 3 is 2.56 bits per heavy atom. The molecular formula is C11H16N4O3. The van der Waals surface area contributed by atoms with E-state index < -0.39 is 11.0 Å². The number of likely N-dealkylation sites (N-methyl/N-ethyl adjacent to an activating group) is 1. The van der Waals surface area contributed by atoms with Gasteiger partial charge in [-0.05, 0) is 19.1 Å². The van der Waals surface area contributed by atoms with Gasteiger partial charge in [0.05, 0.1) is 4.92 Å². The first kappa shape index (κ1) is 13.8. The van der Waals surface area contributed by atoms with Gasteiger partial charge < -0.3 is 16.0 Å². The minimum atomic E-state index is -0.548. The van der Waals surface area contributed by atoms with Gasteiger partial charge in [0.1, 0.15) is 11.7 Å². The molecule has 0 saturated carbocycles. The Morgan fingerprint density at radius 1 is 1.50 bits per heavy atom. The highest BCUT2D eigenvalue weighted by atomic mass is 16.6. The van der Waals surface area contributed by atoms with Crippen LogP contribution in [0, 0.1) is 10.1 Å². The molecule has 0 spiro atoms. The zero-order valence-electron chi connectivity index (χ0n) is 10.5. The van der Waals surface area contributed by atoms with Crippen LogP contribution in [0.3, 0.4) is 0 Å². The largest absolute Gasteiger partial charge is 0.393 e. The van der Waals surface area contributed by atoms with E-state index in [1.54, 1.807) is 21.0 Å². The van der Waals surface area contributed by atoms with Gasteiger partial charge in [-0.3, -0.25) is 14.9 Å². The van der Waals surface area contributed by atoms with Crippen molar-refractivity contribution < 1.29 is 9.72 Å². The van der Waals surface area contributed by atoms with Gasteiger partial charge in [0.25, 0.3) is 5.69 Å². The van der Waals surface area contributed by atoms with Crippen LogP contribution in [0.25, 0.3) is 0 Å². The van der Waals surface area contributed by atoms with Gasteiger partial charge >= 0.3 is 0 Å². The zero-order valence-corrected chi connectivity index (χ0v) is 10.5. The molecule has 0 aliphatic rings. The van der Waals surface area contributed by atoms with Crippen molar-refractivity contribution in [3.05, 3.63) is 28.3 Å². The molecule has 0 aliphatic heterocycles. The van der Waals surface area contributed by atoms with E-state index in [9.17, 15) is 14.9 Å². The Balaban J connectivity index is 2.84. The van der Waals surface area contributed by atoms with E-state index in [0.717, 1.165) is 0 Å². The fourth-order valence-corrected chi connectivity index (χ4v) is 1.51. The van der Waals surface area contributed by atoms with Crippen molar-refractivity contribution in [3.63, 3.8) is 0 Å². The average Bonchev–Trinajstić information content (AvgIpc) is 2.27. The van der Waals surface area contributed by atoms with Crippen molar-refractivity contribution in [2.75, 3.05) is 25.1 Å². The van der Waals surface area contributed by atoms with Gasteiger partial charge in [-0.15, -0.1) is 0 Å². The maximum atomic E-state index is 11.6. The van der Waals surface area contributed by atoms with E-state index in [0.29, 0.717) is 5.69 Å². The molecule has 0 radical (unpaired) electrons. The van der Waals surface area contributed by atoms with Crippen molar-refractivity contribution in [2.45, 2.75) is 13.0 Å². The van der Waals surface area contributed by atoms with Gasteiger partial charge in [-0.2, -0.15) is 0 Å². The SMILES string of the molecule is CC(Nc1ccc([N+](=O)[O-])c(N)c1)C(=O)N(C)C. The first-order valence-electron chi connectivity index (χ1n) is 5.34. The third-order valence-corrected chi connectivity index (χ3v) is 2.42. The summed E-state index contributed by atoms with van der Waals surface area (Å²) in [5, 5.41) is 13.5. The molecule has 1 aromatic rings. The number of anilines is 2. The van der Waals surface area contributed by atoms with Crippen molar-refractivity contribution >= 4 is 23.0 Å². The van der Waals surface area contributed by atoms with Crippen LogP contribution in [0.4, 0.5) is 17.1 Å². The lowest BCUT2D eigenvalue weighted by molar-refractivity contribution is -0.383. The molecule has 0 heterocycles. The molecule has 98 valence electrons. The van der Waals surface area contributed by atoms with Crippen LogP contribution >= 0.6 is 0 Å². The molecule has 7 heteroatoms. The normalized spacial score (nSPS) is 11.7. The number of nitrogens with one attached hydrogen (secondary N) is 1. The van der Waals surface area contributed by atoms with Crippen LogP contribution in [0.5, 0.6) is 0 Å². The second kappa shape index (κ2) is 5.35. The number of carbonyl (C=O) groups excluding carboxylic acids is 1. The summed E-state index contributed by atoms with van der Waals surface area (Å²) in [6.45, 7) is 1.71. The molecule has 0 saturated heterocycles. The van der Waals surface area contributed by atoms with Crippen LogP contribution in [0.1, 0.15) is 6.92 Å². The number of nitrogens with two attached hydrogens (primary N) is 1. The van der Waals surface area contributed by atoms with Crippen molar-refractivity contribution in [1.29, 1.82) is 0 Å². The molecule has 0 fully saturated rings. The van der Waals surface area contributed by atoms with E-state index in [1.165, 1.54) is 23.1 Å². The monoisotopic (exact) mass is 252 g/mol. The quantitative estimate of drug-likeness (QED) is 0.474. The third kappa shape index (κ3) is 3.09. The number of nitrogen functional groups attached to an aromatic ring is 1. The summed E-state index contributed by atoms with van der Waals surface area (Å²) >= 11 is 0. The number of nitro groups is 1. The summed E-state index contributed by atoms with van der Waals surface area (Å²) < 4.78 is 0. The number of nitro benzene ring substituents is 1. The highest BCUT2D eigenvalue weighted by molar-refractivity contribution is 5.84. The van der Waals surface area contributed by atoms with E-state index in [-0.39, 0.29) is 17.3 Å². The lowest BCUT2D eigenvalue weighted by atomic mass is 10.2. The molecule has 1 rings (SSSR count). The molecule has 1 unspecified atom stereocenters. The highest BCUT2D eigenvalue weighted by Crippen LogP contribution is 2.24. The third-order valence-electron chi connectivity index (χ3n) is 2.42. The molecule has 1 atom stereocenters. The van der Waals surface area contributed by atoms with Crippen LogP contribution in [0.2, 0.25) is 0 Å². The van der Waals surface area contributed by atoms with Gasteiger partial charge in [0, 0.05) is 25.8 Å². The van der Waals surface area contributed by atoms with Crippen molar-refractivity contribution in [1.82, 2.24) is 4.90 Å². The maximum Gasteiger partial charge on any atom is 0.292 e. The van der Waals surface area contributed by atoms with Crippen LogP contribution in [0.15, 0.2) is 18.2 Å². The Morgan fingerprint density at radius 2 is 2.11 bits per heavy atom. The Labute approximate surface area is 105 Å². The number of rotatable bonds is 4. The lowest BCUT2D eigenvalue weighted by Crippen LogP contribution is -2.36. The number of amides is 1. The summed E-state index contributed by atoms with van der Waals surface area (Å²) in [5.41, 5.74) is 6.05. The average molecular weight is 252 g/mol. The number of hydrogen-bond acceptors (Lipinski definition) is 5. The predicted octanol–water partition coefficient (Wildman–Crippen LogP) is 1.07. The van der Waals surface area contributed by atoms with Crippen LogP contribution in [-0.2, 0) is 4.79 Å². The molecule has 1 aromatic carbocycles. The second-order valence-electron chi connectivity index (χ2n) is 4.13. The summed E-state index contributed by atoms with van der Waals surface area (Å²) in [5.74, 6) is -0.0908. The van der Waals surface area contributed by atoms with Gasteiger partial charge in [0.15, 0.2) is 0 Å². The fraction of sp³-hybridized carbons (Fsp3) is 0.364. The second-order valence-corrected chi connectivity index (χ2v) is 4.13. The Kier molecular flexibility index (Phi) is 4.09. The number of hydrogen-bond donors (Lipinski definition) is 2. The lowest BCUT2D eigenvalue weighted by Gasteiger charge is -2.19. The van der Waals surface area contributed by atoms with Gasteiger partial charge in [-0.1, -0.05) is 0 Å². The molecular weight excluding hydrogens is 236 g/mol. The van der Waals surface area contributed by atoms with E-state index in [4.69, 9.17) is 5.73 Å². The van der Waals surface area contributed by atoms with Crippen molar-refractivity contribution in [2.24, 2.45) is 0 Å². The molecule has 0 aliphatic carbocycles. The smallest absolute Gasteiger partial charge is 0.292 e. The molecule has 7 nitrogen and oxygen atoms in total. The van der Waals surface area contributed by atoms with Gasteiger partial charge in [-0.25, -0.2) is 0 Å². The number of nitrogens with zero attached hydrogens (tertiary/aromatic N) is 2. The first-order valence-corrected chi connectivity index (χ1v) is 5.34. The molecule has 0 bridgehead atoms. The number of benzene rings is 1. The first-order chi connectivity index (χ1) is 8.32. The molecule has 3 N–H and O–H groups in total. The van der Waals surface area contributed by atoms with Crippen LogP contribution < -0.4 is 11.1 Å². The topological polar surface area (TPSA) is 101 Å². The highest BCUT2D eigenvalue weighted by Gasteiger charge is 2.16. The minimum Gasteiger partial charge on any atom is -0.393 e. The van der Waals surface area contributed by atoms with E-state index in [1.807, 2.05) is 0 Å².